The number of aromatic nitrogens is 2. The second-order valence-electron chi connectivity index (χ2n) is 7.38. The van der Waals surface area contributed by atoms with Crippen LogP contribution in [0.1, 0.15) is 43.0 Å². The molecule has 1 aromatic heterocycles. The summed E-state index contributed by atoms with van der Waals surface area (Å²) in [4.78, 5) is 19.3. The molecule has 146 valence electrons. The fourth-order valence-electron chi connectivity index (χ4n) is 3.34. The van der Waals surface area contributed by atoms with Crippen LogP contribution in [0, 0.1) is 0 Å². The number of nitrogens with zero attached hydrogens (tertiary/aromatic N) is 1. The maximum atomic E-state index is 12.4. The SMILES string of the molecule is CCCCCc1ccc(-c2ccc(CC(=O)C(N)Cc3cnc[nH]3)cc2)cc1. The molecule has 0 saturated heterocycles. The summed E-state index contributed by atoms with van der Waals surface area (Å²) in [5.41, 5.74) is 11.7. The Morgan fingerprint density at radius 2 is 1.64 bits per heavy atom. The quantitative estimate of drug-likeness (QED) is 0.513. The first kappa shape index (κ1) is 20.0. The molecule has 0 aliphatic rings. The van der Waals surface area contributed by atoms with E-state index in [-0.39, 0.29) is 5.78 Å². The van der Waals surface area contributed by atoms with E-state index in [0.717, 1.165) is 23.2 Å². The smallest absolute Gasteiger partial charge is 0.154 e. The van der Waals surface area contributed by atoms with Crippen LogP contribution in [-0.4, -0.2) is 21.8 Å². The first-order valence-electron chi connectivity index (χ1n) is 10.1. The van der Waals surface area contributed by atoms with Crippen LogP contribution in [0.4, 0.5) is 0 Å². The van der Waals surface area contributed by atoms with Crippen molar-refractivity contribution in [1.29, 1.82) is 0 Å². The third kappa shape index (κ3) is 5.64. The molecule has 3 N–H and O–H groups in total. The van der Waals surface area contributed by atoms with Crippen molar-refractivity contribution in [1.82, 2.24) is 9.97 Å². The van der Waals surface area contributed by atoms with E-state index in [2.05, 4.69) is 53.3 Å². The zero-order valence-corrected chi connectivity index (χ0v) is 16.5. The second kappa shape index (κ2) is 10.00. The molecule has 1 heterocycles. The lowest BCUT2D eigenvalue weighted by atomic mass is 9.97. The third-order valence-electron chi connectivity index (χ3n) is 5.10. The molecule has 0 bridgehead atoms. The van der Waals surface area contributed by atoms with Crippen LogP contribution in [0.3, 0.4) is 0 Å². The average Bonchev–Trinajstić information content (AvgIpc) is 3.22. The number of imidazole rings is 1. The van der Waals surface area contributed by atoms with Crippen molar-refractivity contribution in [3.8, 4) is 11.1 Å². The highest BCUT2D eigenvalue weighted by Gasteiger charge is 2.15. The van der Waals surface area contributed by atoms with Crippen molar-refractivity contribution < 1.29 is 4.79 Å². The van der Waals surface area contributed by atoms with Crippen LogP contribution >= 0.6 is 0 Å². The van der Waals surface area contributed by atoms with Gasteiger partial charge in [0.25, 0.3) is 0 Å². The topological polar surface area (TPSA) is 71.8 Å². The van der Waals surface area contributed by atoms with Crippen LogP contribution in [-0.2, 0) is 24.1 Å². The van der Waals surface area contributed by atoms with Crippen LogP contribution in [0.15, 0.2) is 61.1 Å². The summed E-state index contributed by atoms with van der Waals surface area (Å²) in [7, 11) is 0. The minimum Gasteiger partial charge on any atom is -0.348 e. The molecule has 1 atom stereocenters. The highest BCUT2D eigenvalue weighted by Crippen LogP contribution is 2.21. The van der Waals surface area contributed by atoms with Crippen LogP contribution in [0.2, 0.25) is 0 Å². The largest absolute Gasteiger partial charge is 0.348 e. The van der Waals surface area contributed by atoms with Gasteiger partial charge in [0.1, 0.15) is 0 Å². The molecular weight excluding hydrogens is 346 g/mol. The van der Waals surface area contributed by atoms with Gasteiger partial charge in [-0.05, 0) is 35.1 Å². The van der Waals surface area contributed by atoms with Gasteiger partial charge in [0.15, 0.2) is 5.78 Å². The molecule has 0 radical (unpaired) electrons. The van der Waals surface area contributed by atoms with Crippen LogP contribution in [0.25, 0.3) is 11.1 Å². The van der Waals surface area contributed by atoms with Crippen molar-refractivity contribution in [3.63, 3.8) is 0 Å². The third-order valence-corrected chi connectivity index (χ3v) is 5.10. The second-order valence-corrected chi connectivity index (χ2v) is 7.38. The average molecular weight is 376 g/mol. The zero-order valence-electron chi connectivity index (χ0n) is 16.5. The number of aromatic amines is 1. The number of Topliss-reactive ketones (excluding diaryl/α,β-unsaturated/α-hetero) is 1. The van der Waals surface area contributed by atoms with Crippen molar-refractivity contribution in [2.24, 2.45) is 5.73 Å². The number of nitrogens with two attached hydrogens (primary N) is 1. The van der Waals surface area contributed by atoms with Crippen molar-refractivity contribution in [3.05, 3.63) is 77.9 Å². The first-order chi connectivity index (χ1) is 13.7. The van der Waals surface area contributed by atoms with Crippen molar-refractivity contribution in [2.75, 3.05) is 0 Å². The summed E-state index contributed by atoms with van der Waals surface area (Å²) in [5.74, 6) is 0.0405. The normalized spacial score (nSPS) is 12.1. The highest BCUT2D eigenvalue weighted by atomic mass is 16.1. The molecule has 28 heavy (non-hydrogen) atoms. The van der Waals surface area contributed by atoms with Crippen LogP contribution in [0.5, 0.6) is 0 Å². The van der Waals surface area contributed by atoms with Gasteiger partial charge in [0, 0.05) is 24.7 Å². The summed E-state index contributed by atoms with van der Waals surface area (Å²) in [6, 6.07) is 16.5. The summed E-state index contributed by atoms with van der Waals surface area (Å²) in [6.07, 6.45) is 9.08. The molecule has 1 unspecified atom stereocenters. The Balaban J connectivity index is 1.56. The Hall–Kier alpha value is -2.72. The molecule has 0 amide bonds. The van der Waals surface area contributed by atoms with Gasteiger partial charge in [-0.2, -0.15) is 0 Å². The summed E-state index contributed by atoms with van der Waals surface area (Å²) in [6.45, 7) is 2.23. The number of aryl methyl sites for hydroxylation is 1. The molecule has 3 rings (SSSR count). The molecule has 0 spiro atoms. The number of rotatable bonds is 10. The van der Waals surface area contributed by atoms with E-state index >= 15 is 0 Å². The summed E-state index contributed by atoms with van der Waals surface area (Å²) >= 11 is 0. The summed E-state index contributed by atoms with van der Waals surface area (Å²) in [5, 5.41) is 0. The lowest BCUT2D eigenvalue weighted by molar-refractivity contribution is -0.119. The number of nitrogens with one attached hydrogen (secondary N) is 1. The van der Waals surface area contributed by atoms with Crippen LogP contribution < -0.4 is 5.73 Å². The molecule has 0 fully saturated rings. The highest BCUT2D eigenvalue weighted by molar-refractivity contribution is 5.86. The van der Waals surface area contributed by atoms with E-state index in [9.17, 15) is 4.79 Å². The van der Waals surface area contributed by atoms with E-state index in [4.69, 9.17) is 5.73 Å². The Kier molecular flexibility index (Phi) is 7.15. The minimum atomic E-state index is -0.514. The number of unbranched alkanes of at least 4 members (excludes halogenated alkanes) is 2. The maximum absolute atomic E-state index is 12.4. The fourth-order valence-corrected chi connectivity index (χ4v) is 3.34. The van der Waals surface area contributed by atoms with E-state index in [1.165, 1.54) is 30.4 Å². The summed E-state index contributed by atoms with van der Waals surface area (Å²) < 4.78 is 0. The number of carbonyl (C=O) groups excluding carboxylic acids is 1. The molecule has 0 aliphatic heterocycles. The molecular formula is C24H29N3O. The van der Waals surface area contributed by atoms with E-state index in [0.29, 0.717) is 12.8 Å². The lowest BCUT2D eigenvalue weighted by Gasteiger charge is -2.10. The standard InChI is InChI=1S/C24H29N3O/c1-2-3-4-5-18-6-10-20(11-7-18)21-12-8-19(9-13-21)14-24(28)23(25)15-22-16-26-17-27-22/h6-13,16-17,23H,2-5,14-15,25H2,1H3,(H,26,27). The number of H-pyrrole nitrogens is 1. The van der Waals surface area contributed by atoms with Crippen molar-refractivity contribution >= 4 is 5.78 Å². The van der Waals surface area contributed by atoms with Gasteiger partial charge in [-0.15, -0.1) is 0 Å². The minimum absolute atomic E-state index is 0.0405. The molecule has 4 nitrogen and oxygen atoms in total. The van der Waals surface area contributed by atoms with Gasteiger partial charge >= 0.3 is 0 Å². The number of benzene rings is 2. The lowest BCUT2D eigenvalue weighted by Crippen LogP contribution is -2.34. The molecule has 0 saturated carbocycles. The Morgan fingerprint density at radius 1 is 1.00 bits per heavy atom. The Bertz CT molecular complexity index is 852. The van der Waals surface area contributed by atoms with E-state index in [1.807, 2.05) is 12.1 Å². The molecule has 2 aromatic carbocycles. The number of hydrogen-bond donors (Lipinski definition) is 2. The van der Waals surface area contributed by atoms with Gasteiger partial charge in [-0.25, -0.2) is 4.98 Å². The first-order valence-corrected chi connectivity index (χ1v) is 10.1. The van der Waals surface area contributed by atoms with Crippen molar-refractivity contribution in [2.45, 2.75) is 51.5 Å². The predicted octanol–water partition coefficient (Wildman–Crippen LogP) is 4.49. The zero-order chi connectivity index (χ0) is 19.8. The van der Waals surface area contributed by atoms with Gasteiger partial charge in [0.05, 0.1) is 12.4 Å². The molecule has 3 aromatic rings. The van der Waals surface area contributed by atoms with Gasteiger partial charge in [-0.1, -0.05) is 68.3 Å². The number of ketones is 1. The molecule has 4 heteroatoms. The predicted molar refractivity (Wildman–Crippen MR) is 114 cm³/mol. The van der Waals surface area contributed by atoms with E-state index < -0.39 is 6.04 Å². The van der Waals surface area contributed by atoms with Gasteiger partial charge in [0.2, 0.25) is 0 Å². The number of hydrogen-bond acceptors (Lipinski definition) is 3. The van der Waals surface area contributed by atoms with Gasteiger partial charge < -0.3 is 10.7 Å². The van der Waals surface area contributed by atoms with E-state index in [1.54, 1.807) is 12.5 Å². The molecule has 0 aliphatic carbocycles. The maximum Gasteiger partial charge on any atom is 0.154 e. The fraction of sp³-hybridized carbons (Fsp3) is 0.333. The monoisotopic (exact) mass is 375 g/mol. The Labute approximate surface area is 167 Å². The number of carbonyl (C=O) groups is 1. The Morgan fingerprint density at radius 3 is 2.21 bits per heavy atom. The van der Waals surface area contributed by atoms with Gasteiger partial charge in [-0.3, -0.25) is 4.79 Å².